The highest BCUT2D eigenvalue weighted by atomic mass is 32.2. The van der Waals surface area contributed by atoms with Crippen molar-refractivity contribution in [2.45, 2.75) is 127 Å². The molecule has 0 bridgehead atoms. The van der Waals surface area contributed by atoms with Crippen LogP contribution >= 0.6 is 0 Å². The minimum atomic E-state index is -4.02. The maximum absolute atomic E-state index is 15.1. The van der Waals surface area contributed by atoms with E-state index in [0.717, 1.165) is 11.8 Å². The van der Waals surface area contributed by atoms with Crippen molar-refractivity contribution in [3.8, 4) is 17.3 Å². The van der Waals surface area contributed by atoms with E-state index >= 15 is 4.79 Å². The Kier molecular flexibility index (Phi) is 11.7. The number of benzene rings is 1. The average Bonchev–Trinajstić information content (AvgIpc) is 3.95. The summed E-state index contributed by atoms with van der Waals surface area (Å²) in [6.07, 6.45) is 11.1. The molecule has 16 nitrogen and oxygen atoms in total. The van der Waals surface area contributed by atoms with E-state index < -0.39 is 73.8 Å². The highest BCUT2D eigenvalue weighted by Gasteiger charge is 2.63. The Morgan fingerprint density at radius 2 is 1.88 bits per heavy atom. The number of aromatic nitrogens is 3. The number of carbonyl (C=O) groups is 4. The lowest BCUT2D eigenvalue weighted by Crippen LogP contribution is -2.59. The molecule has 2 saturated carbocycles. The highest BCUT2D eigenvalue weighted by molar-refractivity contribution is 7.91. The standard InChI is InChI=1S/C43H57N7O9S/c1-8-27-20-26(2)12-9-10-13-28-23-43(28,39(53)48-60(55,56)42(6)16-17-42)47-36(51)33-22-30(25-49(33)38(52)35(27)46-40(54)59-41(3,4)5)58-37-31-15-14-29(57-7)21-32(31)34(24-44-37)50-19-11-18-45-50/h10-11,13-15,18-19,21,24,26-28,30,33,35H,8-9,12,16-17,20,22-23,25H2,1-7H3,(H,46,54)(H,47,51)(H,48,53)/b13-10-/t26-,27-,28-,30-,33?,35+,43-/m1/s1. The van der Waals surface area contributed by atoms with Gasteiger partial charge in [-0.2, -0.15) is 5.10 Å². The quantitative estimate of drug-likeness (QED) is 0.246. The van der Waals surface area contributed by atoms with E-state index in [-0.39, 0.29) is 37.1 Å². The molecule has 2 aliphatic carbocycles. The number of nitrogens with zero attached hydrogens (tertiary/aromatic N) is 4. The molecule has 17 heteroatoms. The van der Waals surface area contributed by atoms with Gasteiger partial charge in [-0.1, -0.05) is 32.4 Å². The average molecular weight is 848 g/mol. The van der Waals surface area contributed by atoms with Gasteiger partial charge in [-0.25, -0.2) is 22.9 Å². The van der Waals surface area contributed by atoms with Crippen LogP contribution in [0.15, 0.2) is 55.0 Å². The van der Waals surface area contributed by atoms with Crippen LogP contribution in [0.5, 0.6) is 11.6 Å². The SMILES string of the molecule is CC[C@@H]1C[C@H](C)CC/C=C\[C@@H]2C[C@@]2(C(=O)NS(=O)(=O)C2(C)CC2)NC(=O)C2C[C@@H](Oc3ncc(-n4cccn4)c4cc(OC)ccc34)CN2C(=O)[C@H]1NC(=O)OC(C)(C)C. The van der Waals surface area contributed by atoms with Gasteiger partial charge in [-0.05, 0) is 102 Å². The van der Waals surface area contributed by atoms with E-state index in [4.69, 9.17) is 14.2 Å². The smallest absolute Gasteiger partial charge is 0.408 e. The maximum atomic E-state index is 15.1. The van der Waals surface area contributed by atoms with Crippen LogP contribution < -0.4 is 24.8 Å². The molecule has 2 aromatic heterocycles. The number of allylic oxidation sites excluding steroid dienone is 1. The molecule has 7 atom stereocenters. The third-order valence-electron chi connectivity index (χ3n) is 12.3. The summed E-state index contributed by atoms with van der Waals surface area (Å²) in [4.78, 5) is 63.3. The summed E-state index contributed by atoms with van der Waals surface area (Å²) >= 11 is 0. The normalized spacial score (nSPS) is 28.6. The van der Waals surface area contributed by atoms with Gasteiger partial charge in [0.2, 0.25) is 27.7 Å². The summed E-state index contributed by atoms with van der Waals surface area (Å²) in [5.41, 5.74) is -1.71. The summed E-state index contributed by atoms with van der Waals surface area (Å²) in [5.74, 6) is -1.71. The van der Waals surface area contributed by atoms with E-state index in [9.17, 15) is 22.8 Å². The monoisotopic (exact) mass is 847 g/mol. The molecule has 4 amide bonds. The molecular weight excluding hydrogens is 791 g/mol. The molecule has 324 valence electrons. The molecule has 60 heavy (non-hydrogen) atoms. The van der Waals surface area contributed by atoms with Gasteiger partial charge in [-0.15, -0.1) is 0 Å². The van der Waals surface area contributed by atoms with E-state index in [0.29, 0.717) is 48.9 Å². The number of carbonyl (C=O) groups excluding carboxylic acids is 4. The second-order valence-electron chi connectivity index (χ2n) is 18.1. The summed E-state index contributed by atoms with van der Waals surface area (Å²) in [6.45, 7) is 10.8. The number of hydrogen-bond acceptors (Lipinski definition) is 11. The number of nitrogens with one attached hydrogen (secondary N) is 3. The van der Waals surface area contributed by atoms with E-state index in [1.165, 1.54) is 4.90 Å². The van der Waals surface area contributed by atoms with Gasteiger partial charge >= 0.3 is 6.09 Å². The predicted octanol–water partition coefficient (Wildman–Crippen LogP) is 4.95. The first-order chi connectivity index (χ1) is 28.4. The van der Waals surface area contributed by atoms with Crippen molar-refractivity contribution in [3.63, 3.8) is 0 Å². The molecule has 1 saturated heterocycles. The molecule has 3 aromatic rings. The first-order valence-corrected chi connectivity index (χ1v) is 22.3. The van der Waals surface area contributed by atoms with Crippen molar-refractivity contribution >= 4 is 44.6 Å². The van der Waals surface area contributed by atoms with Gasteiger partial charge in [0.1, 0.15) is 35.1 Å². The molecule has 0 spiro atoms. The van der Waals surface area contributed by atoms with Crippen LogP contribution in [0.25, 0.3) is 16.5 Å². The molecule has 1 unspecified atom stereocenters. The highest BCUT2D eigenvalue weighted by Crippen LogP contribution is 2.48. The number of hydrogen-bond donors (Lipinski definition) is 3. The predicted molar refractivity (Wildman–Crippen MR) is 223 cm³/mol. The van der Waals surface area contributed by atoms with Crippen LogP contribution in [-0.4, -0.2) is 99.6 Å². The molecular formula is C43H57N7O9S. The third-order valence-corrected chi connectivity index (χ3v) is 14.5. The number of amides is 4. The van der Waals surface area contributed by atoms with Gasteiger partial charge < -0.3 is 29.7 Å². The fourth-order valence-electron chi connectivity index (χ4n) is 8.40. The van der Waals surface area contributed by atoms with Gasteiger partial charge in [0.15, 0.2) is 0 Å². The number of rotatable bonds is 9. The Hall–Kier alpha value is -5.19. The van der Waals surface area contributed by atoms with Crippen LogP contribution in [0.3, 0.4) is 0 Å². The lowest BCUT2D eigenvalue weighted by Gasteiger charge is -2.34. The zero-order chi connectivity index (χ0) is 43.2. The first kappa shape index (κ1) is 42.9. The third kappa shape index (κ3) is 8.82. The number of ether oxygens (including phenoxy) is 3. The van der Waals surface area contributed by atoms with Gasteiger partial charge in [0, 0.05) is 35.5 Å². The van der Waals surface area contributed by atoms with Gasteiger partial charge in [0.25, 0.3) is 5.91 Å². The minimum Gasteiger partial charge on any atom is -0.497 e. The van der Waals surface area contributed by atoms with Crippen molar-refractivity contribution in [1.29, 1.82) is 0 Å². The molecule has 1 aromatic carbocycles. The number of methoxy groups -OCH3 is 1. The Bertz CT molecular complexity index is 2270. The molecule has 7 rings (SSSR count). The Morgan fingerprint density at radius 1 is 1.12 bits per heavy atom. The Balaban J connectivity index is 1.26. The fraction of sp³-hybridized carbons (Fsp3) is 0.581. The van der Waals surface area contributed by atoms with Crippen LogP contribution in [-0.2, 0) is 29.1 Å². The van der Waals surface area contributed by atoms with Crippen molar-refractivity contribution in [1.82, 2.24) is 35.0 Å². The summed E-state index contributed by atoms with van der Waals surface area (Å²) in [5, 5.41) is 11.6. The van der Waals surface area contributed by atoms with Crippen LogP contribution in [0.2, 0.25) is 0 Å². The topological polar surface area (TPSA) is 200 Å². The Labute approximate surface area is 351 Å². The van der Waals surface area contributed by atoms with Crippen LogP contribution in [0, 0.1) is 17.8 Å². The second-order valence-corrected chi connectivity index (χ2v) is 20.3. The van der Waals surface area contributed by atoms with Crippen molar-refractivity contribution in [2.24, 2.45) is 17.8 Å². The molecule has 3 N–H and O–H groups in total. The van der Waals surface area contributed by atoms with E-state index in [1.807, 2.05) is 31.2 Å². The zero-order valence-corrected chi connectivity index (χ0v) is 36.2. The number of pyridine rings is 1. The largest absolute Gasteiger partial charge is 0.497 e. The van der Waals surface area contributed by atoms with Crippen LogP contribution in [0.4, 0.5) is 4.79 Å². The molecule has 4 heterocycles. The maximum Gasteiger partial charge on any atom is 0.408 e. The van der Waals surface area contributed by atoms with Gasteiger partial charge in [0.05, 0.1) is 30.3 Å². The van der Waals surface area contributed by atoms with Crippen molar-refractivity contribution in [3.05, 3.63) is 55.0 Å². The fourth-order valence-corrected chi connectivity index (χ4v) is 9.72. The first-order valence-electron chi connectivity index (χ1n) is 20.9. The van der Waals surface area contributed by atoms with Crippen molar-refractivity contribution < 1.29 is 41.8 Å². The molecule has 3 fully saturated rings. The number of fused-ring (bicyclic) bond motifs is 3. The molecule has 2 aliphatic heterocycles. The second kappa shape index (κ2) is 16.3. The van der Waals surface area contributed by atoms with Crippen LogP contribution in [0.1, 0.15) is 92.9 Å². The minimum absolute atomic E-state index is 0.0126. The molecule has 0 radical (unpaired) electrons. The van der Waals surface area contributed by atoms with Gasteiger partial charge in [-0.3, -0.25) is 19.1 Å². The number of alkyl carbamates (subject to hydrolysis) is 1. The Morgan fingerprint density at radius 3 is 2.55 bits per heavy atom. The lowest BCUT2D eigenvalue weighted by molar-refractivity contribution is -0.142. The number of sulfonamides is 1. The summed E-state index contributed by atoms with van der Waals surface area (Å²) < 4.78 is 47.2. The summed E-state index contributed by atoms with van der Waals surface area (Å²) in [7, 11) is -2.45. The van der Waals surface area contributed by atoms with Crippen molar-refractivity contribution in [2.75, 3.05) is 13.7 Å². The molecule has 4 aliphatic rings. The summed E-state index contributed by atoms with van der Waals surface area (Å²) in [6, 6.07) is 5.04. The van der Waals surface area contributed by atoms with E-state index in [1.54, 1.807) is 70.2 Å². The zero-order valence-electron chi connectivity index (χ0n) is 35.4. The van der Waals surface area contributed by atoms with E-state index in [2.05, 4.69) is 32.4 Å². The lowest BCUT2D eigenvalue weighted by atomic mass is 9.85.